The van der Waals surface area contributed by atoms with Crippen LogP contribution in [0.3, 0.4) is 0 Å². The van der Waals surface area contributed by atoms with E-state index < -0.39 is 0 Å². The average Bonchev–Trinajstić information content (AvgIpc) is 3.32. The van der Waals surface area contributed by atoms with E-state index in [1.807, 2.05) is 6.07 Å². The van der Waals surface area contributed by atoms with Crippen molar-refractivity contribution >= 4 is 5.91 Å². The van der Waals surface area contributed by atoms with E-state index in [4.69, 9.17) is 14.2 Å². The van der Waals surface area contributed by atoms with Crippen LogP contribution in [-0.4, -0.2) is 41.7 Å². The van der Waals surface area contributed by atoms with E-state index in [-0.39, 0.29) is 30.9 Å². The number of carbonyl (C=O) groups is 1. The maximum absolute atomic E-state index is 12.1. The summed E-state index contributed by atoms with van der Waals surface area (Å²) in [4.78, 5) is 24.2. The molecular formula is C18H19N3O5. The number of carbonyl (C=O) groups excluding carboxylic acids is 1. The molecule has 0 saturated carbocycles. The molecule has 2 aliphatic heterocycles. The molecular weight excluding hydrogens is 338 g/mol. The lowest BCUT2D eigenvalue weighted by Gasteiger charge is -2.11. The molecule has 0 bridgehead atoms. The lowest BCUT2D eigenvalue weighted by atomic mass is 10.1. The molecule has 3 heterocycles. The minimum absolute atomic E-state index is 0.0589. The SMILES string of the molecule is O=C(Cn1nc(-c2ccc3c(c2)OCO3)ccc1=O)NCC1CCCO1. The standard InChI is InChI=1S/C18H19N3O5/c22-17(19-9-13-2-1-7-24-13)10-21-18(23)6-4-14(20-21)12-3-5-15-16(8-12)26-11-25-15/h3-6,8,13H,1-2,7,9-11H2,(H,19,22). The predicted octanol–water partition coefficient (Wildman–Crippen LogP) is 0.934. The van der Waals surface area contributed by atoms with E-state index in [2.05, 4.69) is 10.4 Å². The molecule has 4 rings (SSSR count). The number of nitrogens with one attached hydrogen (secondary N) is 1. The lowest BCUT2D eigenvalue weighted by Crippen LogP contribution is -2.37. The van der Waals surface area contributed by atoms with Crippen LogP contribution in [0.4, 0.5) is 0 Å². The Kier molecular flexibility index (Phi) is 4.57. The summed E-state index contributed by atoms with van der Waals surface area (Å²) in [6, 6.07) is 8.46. The second-order valence-electron chi connectivity index (χ2n) is 6.22. The number of aromatic nitrogens is 2. The Bertz CT molecular complexity index is 873. The fourth-order valence-corrected chi connectivity index (χ4v) is 3.00. The Hall–Kier alpha value is -2.87. The largest absolute Gasteiger partial charge is 0.454 e. The third kappa shape index (κ3) is 3.55. The molecule has 1 atom stereocenters. The maximum Gasteiger partial charge on any atom is 0.267 e. The topological polar surface area (TPSA) is 91.7 Å². The first-order valence-corrected chi connectivity index (χ1v) is 8.55. The zero-order valence-corrected chi connectivity index (χ0v) is 14.1. The summed E-state index contributed by atoms with van der Waals surface area (Å²) >= 11 is 0. The Morgan fingerprint density at radius 1 is 1.23 bits per heavy atom. The zero-order valence-electron chi connectivity index (χ0n) is 14.1. The summed E-state index contributed by atoms with van der Waals surface area (Å²) < 4.78 is 17.3. The molecule has 1 saturated heterocycles. The Balaban J connectivity index is 1.47. The number of benzene rings is 1. The van der Waals surface area contributed by atoms with Crippen molar-refractivity contribution in [2.45, 2.75) is 25.5 Å². The van der Waals surface area contributed by atoms with Gasteiger partial charge in [0.25, 0.3) is 5.56 Å². The Labute approximate surface area is 149 Å². The highest BCUT2D eigenvalue weighted by Gasteiger charge is 2.17. The molecule has 26 heavy (non-hydrogen) atoms. The fourth-order valence-electron chi connectivity index (χ4n) is 3.00. The van der Waals surface area contributed by atoms with Gasteiger partial charge < -0.3 is 19.5 Å². The van der Waals surface area contributed by atoms with Gasteiger partial charge in [-0.25, -0.2) is 4.68 Å². The van der Waals surface area contributed by atoms with Crippen molar-refractivity contribution in [2.75, 3.05) is 19.9 Å². The van der Waals surface area contributed by atoms with Crippen LogP contribution < -0.4 is 20.3 Å². The number of fused-ring (bicyclic) bond motifs is 1. The first-order chi connectivity index (χ1) is 12.7. The van der Waals surface area contributed by atoms with Gasteiger partial charge in [-0.1, -0.05) is 0 Å². The van der Waals surface area contributed by atoms with Gasteiger partial charge in [0.1, 0.15) is 6.54 Å². The third-order valence-corrected chi connectivity index (χ3v) is 4.38. The smallest absolute Gasteiger partial charge is 0.267 e. The molecule has 0 aliphatic carbocycles. The second-order valence-corrected chi connectivity index (χ2v) is 6.22. The summed E-state index contributed by atoms with van der Waals surface area (Å²) in [6.07, 6.45) is 2.01. The van der Waals surface area contributed by atoms with E-state index in [1.165, 1.54) is 6.07 Å². The molecule has 1 unspecified atom stereocenters. The van der Waals surface area contributed by atoms with Crippen molar-refractivity contribution < 1.29 is 19.0 Å². The van der Waals surface area contributed by atoms with Gasteiger partial charge >= 0.3 is 0 Å². The molecule has 0 radical (unpaired) electrons. The average molecular weight is 357 g/mol. The monoisotopic (exact) mass is 357 g/mol. The summed E-state index contributed by atoms with van der Waals surface area (Å²) in [7, 11) is 0. The van der Waals surface area contributed by atoms with Crippen molar-refractivity contribution in [1.82, 2.24) is 15.1 Å². The van der Waals surface area contributed by atoms with Crippen molar-refractivity contribution in [1.29, 1.82) is 0 Å². The molecule has 2 aliphatic rings. The van der Waals surface area contributed by atoms with Crippen molar-refractivity contribution in [2.24, 2.45) is 0 Å². The van der Waals surface area contributed by atoms with Crippen molar-refractivity contribution in [3.63, 3.8) is 0 Å². The van der Waals surface area contributed by atoms with Crippen LogP contribution in [0.5, 0.6) is 11.5 Å². The number of nitrogens with zero attached hydrogens (tertiary/aromatic N) is 2. The van der Waals surface area contributed by atoms with Crippen LogP contribution in [0.15, 0.2) is 35.1 Å². The normalized spacial score (nSPS) is 18.1. The minimum Gasteiger partial charge on any atom is -0.454 e. The second kappa shape index (κ2) is 7.17. The van der Waals surface area contributed by atoms with Crippen LogP contribution >= 0.6 is 0 Å². The first kappa shape index (κ1) is 16.6. The number of ether oxygens (including phenoxy) is 3. The number of rotatable bonds is 5. The van der Waals surface area contributed by atoms with E-state index in [1.54, 1.807) is 18.2 Å². The van der Waals surface area contributed by atoms with E-state index in [0.29, 0.717) is 23.7 Å². The van der Waals surface area contributed by atoms with E-state index >= 15 is 0 Å². The van der Waals surface area contributed by atoms with Gasteiger partial charge in [0.2, 0.25) is 12.7 Å². The van der Waals surface area contributed by atoms with E-state index in [0.717, 1.165) is 29.7 Å². The van der Waals surface area contributed by atoms with Crippen LogP contribution in [0.1, 0.15) is 12.8 Å². The molecule has 1 fully saturated rings. The molecule has 8 heteroatoms. The molecule has 8 nitrogen and oxygen atoms in total. The highest BCUT2D eigenvalue weighted by atomic mass is 16.7. The number of amides is 1. The number of hydrogen-bond donors (Lipinski definition) is 1. The van der Waals surface area contributed by atoms with Gasteiger partial charge in [-0.2, -0.15) is 5.10 Å². The van der Waals surface area contributed by atoms with E-state index in [9.17, 15) is 9.59 Å². The quantitative estimate of drug-likeness (QED) is 0.856. The van der Waals surface area contributed by atoms with Crippen LogP contribution in [0, 0.1) is 0 Å². The number of hydrogen-bond acceptors (Lipinski definition) is 6. The summed E-state index contributed by atoms with van der Waals surface area (Å²) in [5, 5.41) is 7.10. The van der Waals surface area contributed by atoms with Gasteiger partial charge in [0.15, 0.2) is 11.5 Å². The van der Waals surface area contributed by atoms with Crippen LogP contribution in [-0.2, 0) is 16.1 Å². The predicted molar refractivity (Wildman–Crippen MR) is 92.0 cm³/mol. The zero-order chi connectivity index (χ0) is 17.9. The molecule has 1 N–H and O–H groups in total. The van der Waals surface area contributed by atoms with Crippen LogP contribution in [0.25, 0.3) is 11.3 Å². The fraction of sp³-hybridized carbons (Fsp3) is 0.389. The van der Waals surface area contributed by atoms with Gasteiger partial charge in [-0.15, -0.1) is 0 Å². The molecule has 2 aromatic rings. The minimum atomic E-state index is -0.332. The Morgan fingerprint density at radius 2 is 2.12 bits per heavy atom. The molecule has 1 amide bonds. The highest BCUT2D eigenvalue weighted by Crippen LogP contribution is 2.35. The molecule has 1 aromatic heterocycles. The van der Waals surface area contributed by atoms with Crippen molar-refractivity contribution in [3.05, 3.63) is 40.7 Å². The van der Waals surface area contributed by atoms with Gasteiger partial charge in [0, 0.05) is 24.8 Å². The van der Waals surface area contributed by atoms with Crippen LogP contribution in [0.2, 0.25) is 0 Å². The van der Waals surface area contributed by atoms with Gasteiger partial charge in [-0.3, -0.25) is 9.59 Å². The summed E-state index contributed by atoms with van der Waals surface area (Å²) in [5.41, 5.74) is 1.03. The molecule has 0 spiro atoms. The lowest BCUT2D eigenvalue weighted by molar-refractivity contribution is -0.122. The summed E-state index contributed by atoms with van der Waals surface area (Å²) in [6.45, 7) is 1.25. The molecule has 136 valence electrons. The first-order valence-electron chi connectivity index (χ1n) is 8.55. The van der Waals surface area contributed by atoms with Gasteiger partial charge in [0.05, 0.1) is 11.8 Å². The van der Waals surface area contributed by atoms with Crippen molar-refractivity contribution in [3.8, 4) is 22.8 Å². The highest BCUT2D eigenvalue weighted by molar-refractivity contribution is 5.75. The van der Waals surface area contributed by atoms with Gasteiger partial charge in [-0.05, 0) is 37.1 Å². The summed E-state index contributed by atoms with van der Waals surface area (Å²) in [5.74, 6) is 1.05. The maximum atomic E-state index is 12.1. The third-order valence-electron chi connectivity index (χ3n) is 4.38. The molecule has 1 aromatic carbocycles. The Morgan fingerprint density at radius 3 is 2.96 bits per heavy atom.